The fourth-order valence-corrected chi connectivity index (χ4v) is 3.60. The second kappa shape index (κ2) is 7.74. The second-order valence-corrected chi connectivity index (χ2v) is 6.77. The first-order chi connectivity index (χ1) is 13.7. The van der Waals surface area contributed by atoms with Crippen LogP contribution >= 0.6 is 0 Å². The van der Waals surface area contributed by atoms with Gasteiger partial charge in [0.05, 0.1) is 17.1 Å². The normalized spacial score (nSPS) is 10.8. The van der Waals surface area contributed by atoms with Crippen molar-refractivity contribution in [2.75, 3.05) is 0 Å². The zero-order valence-corrected chi connectivity index (χ0v) is 18.3. The molecule has 5 rings (SSSR count). The van der Waals surface area contributed by atoms with Gasteiger partial charge in [0, 0.05) is 25.6 Å². The van der Waals surface area contributed by atoms with Gasteiger partial charge in [0.25, 0.3) is 0 Å². The Bertz CT molecular complexity index is 1270. The summed E-state index contributed by atoms with van der Waals surface area (Å²) in [5, 5.41) is 4.49. The molecule has 1 radical (unpaired) electrons. The van der Waals surface area contributed by atoms with Crippen LogP contribution in [0.1, 0.15) is 11.1 Å². The molecule has 6 heteroatoms. The van der Waals surface area contributed by atoms with E-state index in [0.717, 1.165) is 33.7 Å². The van der Waals surface area contributed by atoms with Crippen molar-refractivity contribution < 1.29 is 24.5 Å². The van der Waals surface area contributed by atoms with E-state index in [1.54, 1.807) is 6.33 Å². The van der Waals surface area contributed by atoms with Crippen LogP contribution in [0.25, 0.3) is 39.3 Å². The van der Waals surface area contributed by atoms with E-state index in [9.17, 15) is 0 Å². The van der Waals surface area contributed by atoms with Crippen molar-refractivity contribution in [1.82, 2.24) is 19.7 Å². The third kappa shape index (κ3) is 3.41. The van der Waals surface area contributed by atoms with Gasteiger partial charge in [-0.15, -0.1) is 17.7 Å². The zero-order chi connectivity index (χ0) is 19.1. The van der Waals surface area contributed by atoms with E-state index < -0.39 is 0 Å². The van der Waals surface area contributed by atoms with Gasteiger partial charge in [0.2, 0.25) is 0 Å². The Labute approximate surface area is 181 Å². The summed E-state index contributed by atoms with van der Waals surface area (Å²) in [4.78, 5) is 8.62. The van der Waals surface area contributed by atoms with Gasteiger partial charge >= 0.3 is 0 Å². The Morgan fingerprint density at radius 2 is 1.69 bits per heavy atom. The number of fused-ring (bicyclic) bond motifs is 1. The first-order valence-electron chi connectivity index (χ1n) is 9.03. The van der Waals surface area contributed by atoms with E-state index in [1.165, 1.54) is 17.5 Å². The van der Waals surface area contributed by atoms with Crippen LogP contribution in [0.2, 0.25) is 0 Å². The number of oxazole rings is 1. The molecule has 3 aromatic carbocycles. The van der Waals surface area contributed by atoms with Crippen molar-refractivity contribution in [2.45, 2.75) is 13.8 Å². The SMILES string of the molecule is Cc1cc(-c2ccccc2)cc(C)c1-n1ncnc1-c1[c-]cc2ncoc2c1.[Ir]. The molecular formula is C23H17IrN4O-. The van der Waals surface area contributed by atoms with Crippen molar-refractivity contribution in [1.29, 1.82) is 0 Å². The fraction of sp³-hybridized carbons (Fsp3) is 0.0870. The molecule has 0 aliphatic heterocycles. The third-order valence-corrected chi connectivity index (χ3v) is 4.86. The summed E-state index contributed by atoms with van der Waals surface area (Å²) in [5.74, 6) is 0.719. The Kier molecular flexibility index (Phi) is 5.14. The summed E-state index contributed by atoms with van der Waals surface area (Å²) < 4.78 is 7.29. The van der Waals surface area contributed by atoms with Crippen molar-refractivity contribution in [3.8, 4) is 28.2 Å². The molecule has 0 atom stereocenters. The van der Waals surface area contributed by atoms with Crippen LogP contribution in [0.3, 0.4) is 0 Å². The van der Waals surface area contributed by atoms with Crippen LogP contribution in [-0.4, -0.2) is 19.7 Å². The molecule has 5 aromatic rings. The summed E-state index contributed by atoms with van der Waals surface area (Å²) in [5.41, 5.74) is 7.97. The molecule has 0 saturated heterocycles. The molecule has 0 spiro atoms. The second-order valence-electron chi connectivity index (χ2n) is 6.77. The molecule has 0 amide bonds. The Morgan fingerprint density at radius 3 is 2.45 bits per heavy atom. The average Bonchev–Trinajstić information content (AvgIpc) is 3.37. The standard InChI is InChI=1S/C23H17N4O.Ir/c1-15-10-19(17-6-4-3-5-7-17)11-16(2)22(15)27-23(24-13-26-27)18-8-9-20-21(12-18)28-14-25-20;/h3-7,9-14H,1-2H3;/q-1;. The van der Waals surface area contributed by atoms with Gasteiger partial charge in [-0.25, -0.2) is 0 Å². The maximum Gasteiger partial charge on any atom is 0.170 e. The third-order valence-electron chi connectivity index (χ3n) is 4.86. The molecule has 0 bridgehead atoms. The van der Waals surface area contributed by atoms with E-state index >= 15 is 0 Å². The largest absolute Gasteiger partial charge is 0.464 e. The number of nitrogens with zero attached hydrogens (tertiary/aromatic N) is 4. The molecule has 0 saturated carbocycles. The molecule has 0 fully saturated rings. The molecule has 29 heavy (non-hydrogen) atoms. The maximum absolute atomic E-state index is 5.43. The van der Waals surface area contributed by atoms with E-state index in [-0.39, 0.29) is 20.1 Å². The summed E-state index contributed by atoms with van der Waals surface area (Å²) in [7, 11) is 0. The molecule has 0 aliphatic rings. The molecule has 2 heterocycles. The van der Waals surface area contributed by atoms with Gasteiger partial charge in [-0.2, -0.15) is 5.10 Å². The monoisotopic (exact) mass is 558 g/mol. The number of rotatable bonds is 3. The van der Waals surface area contributed by atoms with E-state index in [4.69, 9.17) is 4.42 Å². The summed E-state index contributed by atoms with van der Waals surface area (Å²) in [6.07, 6.45) is 3.00. The minimum atomic E-state index is 0. The zero-order valence-electron chi connectivity index (χ0n) is 15.9. The van der Waals surface area contributed by atoms with Crippen LogP contribution in [0.4, 0.5) is 0 Å². The molecule has 2 aromatic heterocycles. The van der Waals surface area contributed by atoms with Crippen LogP contribution in [0, 0.1) is 19.9 Å². The number of aryl methyl sites for hydroxylation is 2. The summed E-state index contributed by atoms with van der Waals surface area (Å²) in [6.45, 7) is 4.20. The molecular weight excluding hydrogens is 540 g/mol. The van der Waals surface area contributed by atoms with Gasteiger partial charge < -0.3 is 4.42 Å². The minimum Gasteiger partial charge on any atom is -0.464 e. The number of hydrogen-bond donors (Lipinski definition) is 0. The van der Waals surface area contributed by atoms with Crippen molar-refractivity contribution in [3.63, 3.8) is 0 Å². The van der Waals surface area contributed by atoms with Gasteiger partial charge in [-0.1, -0.05) is 36.4 Å². The smallest absolute Gasteiger partial charge is 0.170 e. The predicted molar refractivity (Wildman–Crippen MR) is 108 cm³/mol. The van der Waals surface area contributed by atoms with Crippen LogP contribution in [0.5, 0.6) is 0 Å². The first kappa shape index (κ1) is 19.2. The van der Waals surface area contributed by atoms with E-state index in [2.05, 4.69) is 71.4 Å². The average molecular weight is 558 g/mol. The van der Waals surface area contributed by atoms with Crippen LogP contribution < -0.4 is 0 Å². The van der Waals surface area contributed by atoms with E-state index in [1.807, 2.05) is 22.9 Å². The molecule has 0 aliphatic carbocycles. The van der Waals surface area contributed by atoms with Gasteiger partial charge in [0.15, 0.2) is 6.39 Å². The van der Waals surface area contributed by atoms with Crippen LogP contribution in [0.15, 0.2) is 71.7 Å². The molecule has 0 unspecified atom stereocenters. The summed E-state index contributed by atoms with van der Waals surface area (Å²) >= 11 is 0. The molecule has 0 N–H and O–H groups in total. The quantitative estimate of drug-likeness (QED) is 0.288. The summed E-state index contributed by atoms with van der Waals surface area (Å²) in [6, 6.07) is 21.7. The number of hydrogen-bond acceptors (Lipinski definition) is 4. The van der Waals surface area contributed by atoms with Gasteiger partial charge in [-0.05, 0) is 48.2 Å². The predicted octanol–water partition coefficient (Wildman–Crippen LogP) is 5.16. The van der Waals surface area contributed by atoms with E-state index in [0.29, 0.717) is 5.58 Å². The maximum atomic E-state index is 5.43. The topological polar surface area (TPSA) is 56.7 Å². The van der Waals surface area contributed by atoms with Gasteiger partial charge in [0.1, 0.15) is 6.33 Å². The van der Waals surface area contributed by atoms with Crippen molar-refractivity contribution >= 4 is 11.1 Å². The molecule has 145 valence electrons. The van der Waals surface area contributed by atoms with Crippen molar-refractivity contribution in [3.05, 3.63) is 84.5 Å². The Morgan fingerprint density at radius 1 is 0.931 bits per heavy atom. The van der Waals surface area contributed by atoms with Gasteiger partial charge in [-0.3, -0.25) is 14.6 Å². The molecule has 5 nitrogen and oxygen atoms in total. The Hall–Kier alpha value is -3.08. The van der Waals surface area contributed by atoms with Crippen LogP contribution in [-0.2, 0) is 20.1 Å². The first-order valence-corrected chi connectivity index (χ1v) is 9.03. The fourth-order valence-electron chi connectivity index (χ4n) is 3.60. The Balaban J connectivity index is 0.00000205. The number of benzene rings is 3. The van der Waals surface area contributed by atoms with Crippen molar-refractivity contribution in [2.24, 2.45) is 0 Å². The minimum absolute atomic E-state index is 0. The number of aromatic nitrogens is 4.